The van der Waals surface area contributed by atoms with E-state index >= 15 is 0 Å². The van der Waals surface area contributed by atoms with Crippen LogP contribution in [0.2, 0.25) is 0 Å². The second-order valence-corrected chi connectivity index (χ2v) is 7.02. The quantitative estimate of drug-likeness (QED) is 0.739. The van der Waals surface area contributed by atoms with Crippen molar-refractivity contribution in [3.63, 3.8) is 0 Å². The van der Waals surface area contributed by atoms with E-state index in [-0.39, 0.29) is 0 Å². The van der Waals surface area contributed by atoms with E-state index in [0.29, 0.717) is 12.0 Å². The Morgan fingerprint density at radius 1 is 1.00 bits per heavy atom. The van der Waals surface area contributed by atoms with Gasteiger partial charge < -0.3 is 9.64 Å². The summed E-state index contributed by atoms with van der Waals surface area (Å²) >= 11 is 0. The maximum atomic E-state index is 6.09. The molecule has 2 nitrogen and oxygen atoms in total. The van der Waals surface area contributed by atoms with Crippen molar-refractivity contribution in [1.29, 1.82) is 0 Å². The van der Waals surface area contributed by atoms with Gasteiger partial charge in [0.2, 0.25) is 0 Å². The van der Waals surface area contributed by atoms with Gasteiger partial charge in [-0.1, -0.05) is 49.4 Å². The molecule has 2 aromatic rings. The molecule has 1 heterocycles. The molecule has 0 amide bonds. The minimum atomic E-state index is 0.373. The fraction of sp³-hybridized carbons (Fsp3) is 0.455. The molecule has 0 aliphatic carbocycles. The number of piperidine rings is 1. The molecule has 2 heteroatoms. The molecule has 1 unspecified atom stereocenters. The van der Waals surface area contributed by atoms with Gasteiger partial charge in [-0.2, -0.15) is 0 Å². The van der Waals surface area contributed by atoms with Crippen LogP contribution in [0.4, 0.5) is 0 Å². The van der Waals surface area contributed by atoms with Gasteiger partial charge in [0.1, 0.15) is 11.9 Å². The maximum absolute atomic E-state index is 6.09. The molecule has 0 saturated carbocycles. The number of ether oxygens (including phenoxy) is 1. The van der Waals surface area contributed by atoms with Crippen LogP contribution in [-0.4, -0.2) is 30.6 Å². The Kier molecular flexibility index (Phi) is 5.92. The Labute approximate surface area is 146 Å². The van der Waals surface area contributed by atoms with Crippen LogP contribution in [0.3, 0.4) is 0 Å². The molecule has 0 spiro atoms. The van der Waals surface area contributed by atoms with Crippen LogP contribution in [0.5, 0.6) is 5.75 Å². The van der Waals surface area contributed by atoms with E-state index in [0.717, 1.165) is 31.7 Å². The van der Waals surface area contributed by atoms with Crippen LogP contribution in [0.1, 0.15) is 43.2 Å². The fourth-order valence-corrected chi connectivity index (χ4v) is 3.61. The molecule has 128 valence electrons. The first-order valence-electron chi connectivity index (χ1n) is 9.22. The highest BCUT2D eigenvalue weighted by molar-refractivity contribution is 5.28. The van der Waals surface area contributed by atoms with Crippen molar-refractivity contribution < 1.29 is 4.74 Å². The highest BCUT2D eigenvalue weighted by Gasteiger charge is 2.21. The van der Waals surface area contributed by atoms with Crippen molar-refractivity contribution in [3.05, 3.63) is 65.7 Å². The summed E-state index contributed by atoms with van der Waals surface area (Å²) in [6.07, 6.45) is 3.87. The van der Waals surface area contributed by atoms with Crippen molar-refractivity contribution in [2.75, 3.05) is 19.6 Å². The Balaban J connectivity index is 1.42. The van der Waals surface area contributed by atoms with Crippen molar-refractivity contribution in [3.8, 4) is 5.75 Å². The first-order chi connectivity index (χ1) is 11.7. The first-order valence-corrected chi connectivity index (χ1v) is 9.22. The van der Waals surface area contributed by atoms with Crippen LogP contribution in [0.25, 0.3) is 0 Å². The zero-order chi connectivity index (χ0) is 16.8. The topological polar surface area (TPSA) is 12.5 Å². The maximum Gasteiger partial charge on any atom is 0.119 e. The normalized spacial score (nSPS) is 17.6. The summed E-state index contributed by atoms with van der Waals surface area (Å²) < 4.78 is 6.09. The van der Waals surface area contributed by atoms with Crippen LogP contribution >= 0.6 is 0 Å². The minimum absolute atomic E-state index is 0.373. The van der Waals surface area contributed by atoms with Gasteiger partial charge in [0.25, 0.3) is 0 Å². The average molecular weight is 323 g/mol. The third-order valence-corrected chi connectivity index (χ3v) is 5.18. The smallest absolute Gasteiger partial charge is 0.119 e. The molecule has 0 radical (unpaired) electrons. The second kappa shape index (κ2) is 8.34. The van der Waals surface area contributed by atoms with Gasteiger partial charge in [0.05, 0.1) is 0 Å². The Morgan fingerprint density at radius 2 is 1.67 bits per heavy atom. The van der Waals surface area contributed by atoms with E-state index in [4.69, 9.17) is 4.74 Å². The predicted octanol–water partition coefficient (Wildman–Crippen LogP) is 5.03. The summed E-state index contributed by atoms with van der Waals surface area (Å²) in [6.45, 7) is 8.06. The molecule has 1 atom stereocenters. The lowest BCUT2D eigenvalue weighted by molar-refractivity contribution is 0.0990. The van der Waals surface area contributed by atoms with Gasteiger partial charge in [0, 0.05) is 13.1 Å². The van der Waals surface area contributed by atoms with Gasteiger partial charge in [-0.25, -0.2) is 0 Å². The van der Waals surface area contributed by atoms with Crippen molar-refractivity contribution in [2.24, 2.45) is 0 Å². The molecular weight excluding hydrogens is 294 g/mol. The number of benzene rings is 2. The molecule has 0 N–H and O–H groups in total. The van der Waals surface area contributed by atoms with Crippen LogP contribution in [-0.2, 0) is 0 Å². The highest BCUT2D eigenvalue weighted by atomic mass is 16.5. The number of rotatable bonds is 6. The van der Waals surface area contributed by atoms with Crippen molar-refractivity contribution in [1.82, 2.24) is 4.90 Å². The van der Waals surface area contributed by atoms with Crippen LogP contribution in [0.15, 0.2) is 54.6 Å². The number of aryl methyl sites for hydroxylation is 1. The SMILES string of the molecule is Cc1ccccc1C(C)CCN1CCC(Oc2ccccc2)CC1. The molecule has 24 heavy (non-hydrogen) atoms. The average Bonchev–Trinajstić information content (AvgIpc) is 2.62. The Morgan fingerprint density at radius 3 is 2.38 bits per heavy atom. The highest BCUT2D eigenvalue weighted by Crippen LogP contribution is 2.24. The second-order valence-electron chi connectivity index (χ2n) is 7.02. The molecule has 0 bridgehead atoms. The van der Waals surface area contributed by atoms with Gasteiger partial charge >= 0.3 is 0 Å². The standard InChI is InChI=1S/C22H29NO/c1-18-8-6-7-11-22(18)19(2)12-15-23-16-13-21(14-17-23)24-20-9-4-3-5-10-20/h3-11,19,21H,12-17H2,1-2H3. The lowest BCUT2D eigenvalue weighted by Crippen LogP contribution is -2.39. The van der Waals surface area contributed by atoms with Gasteiger partial charge in [-0.3, -0.25) is 0 Å². The van der Waals surface area contributed by atoms with E-state index in [1.54, 1.807) is 0 Å². The summed E-state index contributed by atoms with van der Waals surface area (Å²) in [5, 5.41) is 0. The minimum Gasteiger partial charge on any atom is -0.490 e. The van der Waals surface area contributed by atoms with Gasteiger partial charge in [0.15, 0.2) is 0 Å². The van der Waals surface area contributed by atoms with Gasteiger partial charge in [-0.15, -0.1) is 0 Å². The number of nitrogens with zero attached hydrogens (tertiary/aromatic N) is 1. The third kappa shape index (κ3) is 4.61. The lowest BCUT2D eigenvalue weighted by atomic mass is 9.93. The van der Waals surface area contributed by atoms with E-state index < -0.39 is 0 Å². The number of hydrogen-bond donors (Lipinski definition) is 0. The monoisotopic (exact) mass is 323 g/mol. The van der Waals surface area contributed by atoms with Gasteiger partial charge in [-0.05, 0) is 61.9 Å². The summed E-state index contributed by atoms with van der Waals surface area (Å²) in [4.78, 5) is 2.60. The molecule has 1 fully saturated rings. The van der Waals surface area contributed by atoms with Crippen molar-refractivity contribution in [2.45, 2.75) is 45.1 Å². The lowest BCUT2D eigenvalue weighted by Gasteiger charge is -2.32. The molecular formula is C22H29NO. The summed E-state index contributed by atoms with van der Waals surface area (Å²) in [6, 6.07) is 19.0. The number of hydrogen-bond acceptors (Lipinski definition) is 2. The van der Waals surface area contributed by atoms with Crippen LogP contribution in [0, 0.1) is 6.92 Å². The van der Waals surface area contributed by atoms with E-state index in [9.17, 15) is 0 Å². The zero-order valence-electron chi connectivity index (χ0n) is 14.9. The fourth-order valence-electron chi connectivity index (χ4n) is 3.61. The summed E-state index contributed by atoms with van der Waals surface area (Å²) in [5.41, 5.74) is 2.92. The van der Waals surface area contributed by atoms with E-state index in [1.807, 2.05) is 18.2 Å². The van der Waals surface area contributed by atoms with Crippen molar-refractivity contribution >= 4 is 0 Å². The van der Waals surface area contributed by atoms with Crippen LogP contribution < -0.4 is 4.74 Å². The summed E-state index contributed by atoms with van der Waals surface area (Å²) in [7, 11) is 0. The molecule has 1 saturated heterocycles. The number of likely N-dealkylation sites (tertiary alicyclic amines) is 1. The predicted molar refractivity (Wildman–Crippen MR) is 101 cm³/mol. The molecule has 1 aliphatic heterocycles. The largest absolute Gasteiger partial charge is 0.490 e. The molecule has 1 aliphatic rings. The molecule has 3 rings (SSSR count). The van der Waals surface area contributed by atoms with E-state index in [1.165, 1.54) is 24.1 Å². The third-order valence-electron chi connectivity index (χ3n) is 5.18. The molecule has 2 aromatic carbocycles. The first kappa shape index (κ1) is 17.0. The van der Waals surface area contributed by atoms with E-state index in [2.05, 4.69) is 55.1 Å². The zero-order valence-corrected chi connectivity index (χ0v) is 14.9. The summed E-state index contributed by atoms with van der Waals surface area (Å²) in [5.74, 6) is 1.63. The Hall–Kier alpha value is -1.80. The molecule has 0 aromatic heterocycles. The number of para-hydroxylation sites is 1. The Bertz CT molecular complexity index is 617.